The van der Waals surface area contributed by atoms with Gasteiger partial charge in [-0.25, -0.2) is 14.6 Å². The van der Waals surface area contributed by atoms with Crippen molar-refractivity contribution < 1.29 is 28.6 Å². The molecule has 10 nitrogen and oxygen atoms in total. The van der Waals surface area contributed by atoms with Gasteiger partial charge in [0.05, 0.1) is 29.8 Å². The van der Waals surface area contributed by atoms with Crippen LogP contribution in [0.15, 0.2) is 66.0 Å². The third kappa shape index (κ3) is 7.69. The van der Waals surface area contributed by atoms with E-state index in [1.165, 1.54) is 11.3 Å². The highest BCUT2D eigenvalue weighted by molar-refractivity contribution is 7.10. The molecule has 3 heterocycles. The molecule has 0 radical (unpaired) electrons. The van der Waals surface area contributed by atoms with Gasteiger partial charge >= 0.3 is 12.2 Å². The molecule has 2 aliphatic heterocycles. The molecule has 3 aromatic rings. The Morgan fingerprint density at radius 3 is 2.46 bits per heavy atom. The Morgan fingerprint density at radius 1 is 1.09 bits per heavy atom. The number of benzene rings is 2. The normalized spacial score (nSPS) is 20.4. The standard InChI is InChI=1S/C35H40N4O6S/c1-6-19-43-23(2)29(37-33(41)45-35(3,4)5)32(40)38-18-17-28-30(38)26(31-36-27(22-46-31)25-15-11-8-12-16-25)20-39(28)34(42)44-21-24-13-9-7-10-14-24/h1,7-16,22-23,26,28-30H,17-21H2,2-5H3,(H,37,41)/t23-,26+,28-,29+,30-/m1/s1. The van der Waals surface area contributed by atoms with Crippen molar-refractivity contribution in [2.75, 3.05) is 19.7 Å². The number of carbonyl (C=O) groups is 3. The summed E-state index contributed by atoms with van der Waals surface area (Å²) >= 11 is 1.51. The SMILES string of the molecule is C#CCO[C@H](C)[C@H](NC(=O)OC(C)(C)C)C(=O)N1CC[C@@H]2[C@H]1[C@@H](c1nc(-c3ccccc3)cs1)CN2C(=O)OCc1ccccc1. The number of likely N-dealkylation sites (tertiary alicyclic amines) is 2. The summed E-state index contributed by atoms with van der Waals surface area (Å²) in [5, 5.41) is 5.55. The number of hydrogen-bond donors (Lipinski definition) is 1. The van der Waals surface area contributed by atoms with E-state index in [2.05, 4.69) is 11.2 Å². The fraction of sp³-hybridized carbons (Fsp3) is 0.429. The third-order valence-electron chi connectivity index (χ3n) is 8.09. The smallest absolute Gasteiger partial charge is 0.410 e. The molecule has 11 heteroatoms. The molecule has 0 aliphatic carbocycles. The van der Waals surface area contributed by atoms with Crippen LogP contribution in [0.25, 0.3) is 11.3 Å². The fourth-order valence-electron chi connectivity index (χ4n) is 6.04. The number of aromatic nitrogens is 1. The average molecular weight is 645 g/mol. The van der Waals surface area contributed by atoms with Gasteiger partial charge in [-0.2, -0.15) is 0 Å². The summed E-state index contributed by atoms with van der Waals surface area (Å²) < 4.78 is 17.0. The van der Waals surface area contributed by atoms with Gasteiger partial charge in [-0.3, -0.25) is 4.79 Å². The highest BCUT2D eigenvalue weighted by Crippen LogP contribution is 2.43. The molecule has 242 valence electrons. The van der Waals surface area contributed by atoms with Crippen LogP contribution < -0.4 is 5.32 Å². The van der Waals surface area contributed by atoms with Gasteiger partial charge in [0, 0.05) is 24.0 Å². The monoisotopic (exact) mass is 644 g/mol. The number of thiazole rings is 1. The van der Waals surface area contributed by atoms with Crippen molar-refractivity contribution in [3.05, 3.63) is 76.6 Å². The Morgan fingerprint density at radius 2 is 1.78 bits per heavy atom. The number of fused-ring (bicyclic) bond motifs is 1. The summed E-state index contributed by atoms with van der Waals surface area (Å²) in [6.45, 7) is 7.76. The summed E-state index contributed by atoms with van der Waals surface area (Å²) in [4.78, 5) is 49.2. The van der Waals surface area contributed by atoms with E-state index in [9.17, 15) is 14.4 Å². The van der Waals surface area contributed by atoms with Crippen molar-refractivity contribution in [1.29, 1.82) is 0 Å². The lowest BCUT2D eigenvalue weighted by Crippen LogP contribution is -2.57. The number of amides is 3. The van der Waals surface area contributed by atoms with E-state index in [4.69, 9.17) is 25.6 Å². The summed E-state index contributed by atoms with van der Waals surface area (Å²) in [6.07, 6.45) is 4.05. The van der Waals surface area contributed by atoms with E-state index in [1.54, 1.807) is 37.5 Å². The molecule has 0 unspecified atom stereocenters. The van der Waals surface area contributed by atoms with Crippen LogP contribution in [-0.4, -0.2) is 82.4 Å². The predicted molar refractivity (Wildman–Crippen MR) is 175 cm³/mol. The molecular formula is C35H40N4O6S. The summed E-state index contributed by atoms with van der Waals surface area (Å²) in [5.74, 6) is 1.81. The first kappa shape index (κ1) is 33.0. The number of nitrogens with zero attached hydrogens (tertiary/aromatic N) is 3. The van der Waals surface area contributed by atoms with Crippen molar-refractivity contribution in [3.8, 4) is 23.6 Å². The number of terminal acetylenes is 1. The van der Waals surface area contributed by atoms with Crippen molar-refractivity contribution in [1.82, 2.24) is 20.1 Å². The lowest BCUT2D eigenvalue weighted by atomic mass is 9.99. The molecule has 0 saturated carbocycles. The molecular weight excluding hydrogens is 604 g/mol. The minimum absolute atomic E-state index is 0.0297. The number of alkyl carbamates (subject to hydrolysis) is 1. The second kappa shape index (κ2) is 14.4. The number of hydrogen-bond acceptors (Lipinski definition) is 8. The first-order chi connectivity index (χ1) is 22.1. The molecule has 0 spiro atoms. The summed E-state index contributed by atoms with van der Waals surface area (Å²) in [6, 6.07) is 17.6. The lowest BCUT2D eigenvalue weighted by molar-refractivity contribution is -0.138. The Balaban J connectivity index is 1.43. The molecule has 46 heavy (non-hydrogen) atoms. The number of nitrogens with one attached hydrogen (secondary N) is 1. The quantitative estimate of drug-likeness (QED) is 0.309. The topological polar surface area (TPSA) is 110 Å². The predicted octanol–water partition coefficient (Wildman–Crippen LogP) is 5.45. The molecule has 2 saturated heterocycles. The Kier molecular flexibility index (Phi) is 10.3. The van der Waals surface area contributed by atoms with Crippen LogP contribution >= 0.6 is 11.3 Å². The number of carbonyl (C=O) groups excluding carboxylic acids is 3. The van der Waals surface area contributed by atoms with E-state index in [0.29, 0.717) is 19.5 Å². The first-order valence-electron chi connectivity index (χ1n) is 15.4. The average Bonchev–Trinajstić information content (AvgIpc) is 3.78. The van der Waals surface area contributed by atoms with Crippen molar-refractivity contribution >= 4 is 29.4 Å². The van der Waals surface area contributed by atoms with Gasteiger partial charge in [-0.1, -0.05) is 66.6 Å². The fourth-order valence-corrected chi connectivity index (χ4v) is 7.00. The Labute approximate surface area is 274 Å². The van der Waals surface area contributed by atoms with Crippen molar-refractivity contribution in [2.24, 2.45) is 0 Å². The highest BCUT2D eigenvalue weighted by Gasteiger charge is 2.54. The zero-order valence-corrected chi connectivity index (χ0v) is 27.4. The van der Waals surface area contributed by atoms with Crippen LogP contribution in [0.3, 0.4) is 0 Å². The van der Waals surface area contributed by atoms with Crippen molar-refractivity contribution in [2.45, 2.75) is 76.5 Å². The van der Waals surface area contributed by atoms with E-state index in [1.807, 2.05) is 66.0 Å². The zero-order valence-electron chi connectivity index (χ0n) is 26.5. The van der Waals surface area contributed by atoms with E-state index < -0.39 is 36.0 Å². The highest BCUT2D eigenvalue weighted by atomic mass is 32.1. The van der Waals surface area contributed by atoms with Gasteiger partial charge in [0.2, 0.25) is 5.91 Å². The van der Waals surface area contributed by atoms with Gasteiger partial charge in [-0.15, -0.1) is 17.8 Å². The number of ether oxygens (including phenoxy) is 3. The van der Waals surface area contributed by atoms with Crippen LogP contribution in [0.2, 0.25) is 0 Å². The van der Waals surface area contributed by atoms with Crippen LogP contribution in [0.5, 0.6) is 0 Å². The second-order valence-electron chi connectivity index (χ2n) is 12.5. The molecule has 2 fully saturated rings. The summed E-state index contributed by atoms with van der Waals surface area (Å²) in [5.41, 5.74) is 1.94. The molecule has 2 aliphatic rings. The van der Waals surface area contributed by atoms with Gasteiger partial charge in [0.25, 0.3) is 0 Å². The van der Waals surface area contributed by atoms with Gasteiger partial charge in [-0.05, 0) is 39.7 Å². The van der Waals surface area contributed by atoms with Crippen LogP contribution in [0, 0.1) is 12.3 Å². The van der Waals surface area contributed by atoms with Gasteiger partial charge < -0.3 is 29.3 Å². The maximum absolute atomic E-state index is 14.4. The number of rotatable bonds is 9. The molecule has 0 bridgehead atoms. The maximum Gasteiger partial charge on any atom is 0.410 e. The largest absolute Gasteiger partial charge is 0.445 e. The Bertz CT molecular complexity index is 1550. The lowest BCUT2D eigenvalue weighted by Gasteiger charge is -2.33. The zero-order chi connectivity index (χ0) is 32.8. The maximum atomic E-state index is 14.4. The molecule has 5 rings (SSSR count). The third-order valence-corrected chi connectivity index (χ3v) is 9.07. The minimum Gasteiger partial charge on any atom is -0.445 e. The van der Waals surface area contributed by atoms with Crippen LogP contribution in [0.4, 0.5) is 9.59 Å². The molecule has 1 aromatic heterocycles. The van der Waals surface area contributed by atoms with Gasteiger partial charge in [0.1, 0.15) is 29.9 Å². The first-order valence-corrected chi connectivity index (χ1v) is 16.3. The van der Waals surface area contributed by atoms with E-state index in [0.717, 1.165) is 21.8 Å². The minimum atomic E-state index is -1.07. The van der Waals surface area contributed by atoms with E-state index >= 15 is 0 Å². The molecule has 3 amide bonds. The molecule has 1 N–H and O–H groups in total. The molecule has 2 aromatic carbocycles. The molecule has 5 atom stereocenters. The summed E-state index contributed by atoms with van der Waals surface area (Å²) in [7, 11) is 0. The second-order valence-corrected chi connectivity index (χ2v) is 13.3. The van der Waals surface area contributed by atoms with Crippen LogP contribution in [0.1, 0.15) is 50.6 Å². The van der Waals surface area contributed by atoms with Crippen molar-refractivity contribution in [3.63, 3.8) is 0 Å². The Hall–Kier alpha value is -4.40. The van der Waals surface area contributed by atoms with Gasteiger partial charge in [0.15, 0.2) is 0 Å². The van der Waals surface area contributed by atoms with E-state index in [-0.39, 0.29) is 31.1 Å². The van der Waals surface area contributed by atoms with Crippen LogP contribution in [-0.2, 0) is 25.6 Å².